The van der Waals surface area contributed by atoms with E-state index in [1.807, 2.05) is 6.92 Å². The molecule has 3 rings (SSSR count). The topological polar surface area (TPSA) is 85.3 Å². The van der Waals surface area contributed by atoms with Gasteiger partial charge in [-0.2, -0.15) is 0 Å². The van der Waals surface area contributed by atoms with Crippen molar-refractivity contribution in [3.05, 3.63) is 47.9 Å². The summed E-state index contributed by atoms with van der Waals surface area (Å²) in [6.45, 7) is 2.17. The van der Waals surface area contributed by atoms with Gasteiger partial charge in [0.2, 0.25) is 0 Å². The van der Waals surface area contributed by atoms with Gasteiger partial charge in [-0.1, -0.05) is 12.1 Å². The van der Waals surface area contributed by atoms with Crippen molar-refractivity contribution in [1.82, 2.24) is 24.4 Å². The van der Waals surface area contributed by atoms with Crippen molar-refractivity contribution in [2.45, 2.75) is 26.3 Å². The summed E-state index contributed by atoms with van der Waals surface area (Å²) in [5.41, 5.74) is 1.53. The molecule has 0 spiro atoms. The van der Waals surface area contributed by atoms with Crippen LogP contribution in [0.25, 0.3) is 5.65 Å². The first-order valence-electron chi connectivity index (χ1n) is 7.30. The molecule has 3 aromatic heterocycles. The van der Waals surface area contributed by atoms with E-state index in [9.17, 15) is 9.18 Å². The zero-order chi connectivity index (χ0) is 16.4. The number of rotatable bonds is 6. The summed E-state index contributed by atoms with van der Waals surface area (Å²) < 4.78 is 16.8. The number of carboxylic acid groups (broad SMARTS) is 1. The first kappa shape index (κ1) is 15.1. The van der Waals surface area contributed by atoms with E-state index in [1.165, 1.54) is 6.07 Å². The number of imidazole rings is 1. The SMILES string of the molecule is CCC(Cc1cn(Cc2cn3cccc(F)c3n2)nn1)C(=O)O. The molecule has 1 atom stereocenters. The van der Waals surface area contributed by atoms with E-state index in [4.69, 9.17) is 5.11 Å². The number of nitrogens with zero attached hydrogens (tertiary/aromatic N) is 5. The van der Waals surface area contributed by atoms with E-state index in [2.05, 4.69) is 15.3 Å². The first-order chi connectivity index (χ1) is 11.1. The van der Waals surface area contributed by atoms with Crippen molar-refractivity contribution >= 4 is 11.6 Å². The van der Waals surface area contributed by atoms with Crippen LogP contribution in [0.2, 0.25) is 0 Å². The van der Waals surface area contributed by atoms with Crippen molar-refractivity contribution < 1.29 is 14.3 Å². The van der Waals surface area contributed by atoms with Crippen LogP contribution < -0.4 is 0 Å². The van der Waals surface area contributed by atoms with Crippen molar-refractivity contribution in [1.29, 1.82) is 0 Å². The van der Waals surface area contributed by atoms with E-state index in [1.54, 1.807) is 33.7 Å². The molecule has 0 aliphatic rings. The van der Waals surface area contributed by atoms with Gasteiger partial charge >= 0.3 is 5.97 Å². The third-order valence-corrected chi connectivity index (χ3v) is 3.69. The fourth-order valence-electron chi connectivity index (χ4n) is 2.44. The highest BCUT2D eigenvalue weighted by Crippen LogP contribution is 2.12. The van der Waals surface area contributed by atoms with E-state index in [0.29, 0.717) is 30.8 Å². The zero-order valence-corrected chi connectivity index (χ0v) is 12.6. The normalized spacial score (nSPS) is 12.6. The van der Waals surface area contributed by atoms with Crippen LogP contribution in [0.3, 0.4) is 0 Å². The number of aromatic nitrogens is 5. The third kappa shape index (κ3) is 3.20. The van der Waals surface area contributed by atoms with Crippen LogP contribution >= 0.6 is 0 Å². The van der Waals surface area contributed by atoms with Gasteiger partial charge in [-0.05, 0) is 18.6 Å². The van der Waals surface area contributed by atoms with Crippen molar-refractivity contribution in [3.63, 3.8) is 0 Å². The van der Waals surface area contributed by atoms with Crippen molar-refractivity contribution in [2.24, 2.45) is 5.92 Å². The summed E-state index contributed by atoms with van der Waals surface area (Å²) in [5.74, 6) is -1.69. The van der Waals surface area contributed by atoms with Gasteiger partial charge in [0.1, 0.15) is 0 Å². The summed E-state index contributed by atoms with van der Waals surface area (Å²) in [5, 5.41) is 17.1. The molecule has 0 aliphatic carbocycles. The number of pyridine rings is 1. The zero-order valence-electron chi connectivity index (χ0n) is 12.6. The lowest BCUT2D eigenvalue weighted by molar-refractivity contribution is -0.141. The van der Waals surface area contributed by atoms with Crippen LogP contribution in [0.5, 0.6) is 0 Å². The Morgan fingerprint density at radius 2 is 2.22 bits per heavy atom. The van der Waals surface area contributed by atoms with Gasteiger partial charge < -0.3 is 9.51 Å². The minimum Gasteiger partial charge on any atom is -0.481 e. The number of hydrogen-bond acceptors (Lipinski definition) is 4. The Balaban J connectivity index is 1.75. The molecular weight excluding hydrogens is 301 g/mol. The Kier molecular flexibility index (Phi) is 4.05. The molecule has 23 heavy (non-hydrogen) atoms. The Bertz CT molecular complexity index is 841. The second-order valence-electron chi connectivity index (χ2n) is 5.37. The fourth-order valence-corrected chi connectivity index (χ4v) is 2.44. The highest BCUT2D eigenvalue weighted by molar-refractivity contribution is 5.70. The van der Waals surface area contributed by atoms with Gasteiger partial charge in [0, 0.05) is 25.0 Å². The molecule has 0 amide bonds. The van der Waals surface area contributed by atoms with Crippen LogP contribution in [0.15, 0.2) is 30.7 Å². The quantitative estimate of drug-likeness (QED) is 0.749. The molecule has 7 nitrogen and oxygen atoms in total. The number of fused-ring (bicyclic) bond motifs is 1. The van der Waals surface area contributed by atoms with E-state index in [0.717, 1.165) is 0 Å². The average Bonchev–Trinajstić information content (AvgIpc) is 3.12. The number of carboxylic acids is 1. The molecule has 120 valence electrons. The summed E-state index contributed by atoms with van der Waals surface area (Å²) in [7, 11) is 0. The van der Waals surface area contributed by atoms with E-state index >= 15 is 0 Å². The number of hydrogen-bond donors (Lipinski definition) is 1. The molecule has 0 aliphatic heterocycles. The minimum absolute atomic E-state index is 0.264. The predicted molar refractivity (Wildman–Crippen MR) is 79.4 cm³/mol. The van der Waals surface area contributed by atoms with Gasteiger partial charge in [-0.15, -0.1) is 5.10 Å². The van der Waals surface area contributed by atoms with Gasteiger partial charge in [0.15, 0.2) is 11.5 Å². The van der Waals surface area contributed by atoms with Crippen LogP contribution in [0, 0.1) is 11.7 Å². The van der Waals surface area contributed by atoms with Gasteiger partial charge in [-0.3, -0.25) is 4.79 Å². The summed E-state index contributed by atoms with van der Waals surface area (Å²) >= 11 is 0. The summed E-state index contributed by atoms with van der Waals surface area (Å²) in [6, 6.07) is 2.97. The Hall–Kier alpha value is -2.77. The second-order valence-corrected chi connectivity index (χ2v) is 5.37. The summed E-state index contributed by atoms with van der Waals surface area (Å²) in [6.07, 6.45) is 6.03. The lowest BCUT2D eigenvalue weighted by Crippen LogP contribution is -2.15. The standard InChI is InChI=1S/C15H16FN5O2/c1-2-10(15(22)23)6-11-8-21(19-18-11)9-12-7-20-5-3-4-13(16)14(20)17-12/h3-5,7-8,10H,2,6,9H2,1H3,(H,22,23). The molecule has 0 aromatic carbocycles. The molecule has 1 unspecified atom stereocenters. The molecule has 3 aromatic rings. The number of halogens is 1. The summed E-state index contributed by atoms with van der Waals surface area (Å²) in [4.78, 5) is 15.3. The maximum absolute atomic E-state index is 13.6. The lowest BCUT2D eigenvalue weighted by Gasteiger charge is -2.05. The Morgan fingerprint density at radius 1 is 1.39 bits per heavy atom. The van der Waals surface area contributed by atoms with E-state index < -0.39 is 11.9 Å². The molecule has 8 heteroatoms. The largest absolute Gasteiger partial charge is 0.481 e. The Morgan fingerprint density at radius 3 is 2.91 bits per heavy atom. The molecular formula is C15H16FN5O2. The third-order valence-electron chi connectivity index (χ3n) is 3.69. The molecule has 0 saturated heterocycles. The molecule has 0 bridgehead atoms. The molecule has 0 fully saturated rings. The lowest BCUT2D eigenvalue weighted by atomic mass is 10.0. The van der Waals surface area contributed by atoms with Crippen LogP contribution in [0.4, 0.5) is 4.39 Å². The molecule has 1 N–H and O–H groups in total. The highest BCUT2D eigenvalue weighted by atomic mass is 19.1. The highest BCUT2D eigenvalue weighted by Gasteiger charge is 2.17. The molecule has 0 saturated carbocycles. The van der Waals surface area contributed by atoms with Crippen LogP contribution in [-0.4, -0.2) is 35.5 Å². The van der Waals surface area contributed by atoms with Crippen LogP contribution in [-0.2, 0) is 17.8 Å². The monoisotopic (exact) mass is 317 g/mol. The average molecular weight is 317 g/mol. The molecule has 3 heterocycles. The maximum Gasteiger partial charge on any atom is 0.306 e. The van der Waals surface area contributed by atoms with Gasteiger partial charge in [0.05, 0.1) is 23.9 Å². The number of aliphatic carboxylic acids is 1. The van der Waals surface area contributed by atoms with Crippen LogP contribution in [0.1, 0.15) is 24.7 Å². The predicted octanol–water partition coefficient (Wildman–Crippen LogP) is 1.77. The van der Waals surface area contributed by atoms with E-state index in [-0.39, 0.29) is 11.5 Å². The Labute approximate surface area is 131 Å². The van der Waals surface area contributed by atoms with Crippen molar-refractivity contribution in [3.8, 4) is 0 Å². The molecule has 0 radical (unpaired) electrons. The van der Waals surface area contributed by atoms with Crippen molar-refractivity contribution in [2.75, 3.05) is 0 Å². The van der Waals surface area contributed by atoms with Gasteiger partial charge in [-0.25, -0.2) is 14.1 Å². The van der Waals surface area contributed by atoms with Gasteiger partial charge in [0.25, 0.3) is 0 Å². The first-order valence-corrected chi connectivity index (χ1v) is 7.30. The smallest absolute Gasteiger partial charge is 0.306 e. The maximum atomic E-state index is 13.6. The minimum atomic E-state index is -0.835. The fraction of sp³-hybridized carbons (Fsp3) is 0.333. The number of carbonyl (C=O) groups is 1. The second kappa shape index (κ2) is 6.15.